The largest absolute Gasteiger partial charge is 0.0797 e. The molecule has 0 bridgehead atoms. The van der Waals surface area contributed by atoms with E-state index in [9.17, 15) is 0 Å². The third-order valence-corrected chi connectivity index (χ3v) is 4.39. The standard InChI is InChI=1S/C11H14Si/c1-12(2)11-7-9-5-3-4-6-10(9)8-11/h3-7,12H,8H2,1-2H3. The van der Waals surface area contributed by atoms with E-state index in [-0.39, 0.29) is 0 Å². The van der Waals surface area contributed by atoms with Crippen LogP contribution < -0.4 is 0 Å². The maximum Gasteiger partial charge on any atom is 0.0600 e. The third-order valence-electron chi connectivity index (χ3n) is 2.53. The zero-order valence-electron chi connectivity index (χ0n) is 7.67. The molecule has 0 aromatic heterocycles. The quantitative estimate of drug-likeness (QED) is 0.574. The lowest BCUT2D eigenvalue weighted by molar-refractivity contribution is 1.27. The van der Waals surface area contributed by atoms with Gasteiger partial charge in [0, 0.05) is 0 Å². The molecule has 0 atom stereocenters. The minimum Gasteiger partial charge on any atom is -0.0797 e. The summed E-state index contributed by atoms with van der Waals surface area (Å²) in [5, 5.41) is 1.70. The van der Waals surface area contributed by atoms with Crippen LogP contribution in [-0.2, 0) is 6.42 Å². The Morgan fingerprint density at radius 3 is 2.58 bits per heavy atom. The van der Waals surface area contributed by atoms with E-state index in [2.05, 4.69) is 43.4 Å². The van der Waals surface area contributed by atoms with Crippen molar-refractivity contribution in [3.8, 4) is 0 Å². The fraction of sp³-hybridized carbons (Fsp3) is 0.273. The normalized spacial score (nSPS) is 14.8. The molecule has 2 rings (SSSR count). The van der Waals surface area contributed by atoms with E-state index in [1.54, 1.807) is 5.20 Å². The second kappa shape index (κ2) is 2.90. The number of benzene rings is 1. The lowest BCUT2D eigenvalue weighted by atomic mass is 10.1. The zero-order valence-corrected chi connectivity index (χ0v) is 8.83. The van der Waals surface area contributed by atoms with Gasteiger partial charge < -0.3 is 0 Å². The molecule has 0 N–H and O–H groups in total. The SMILES string of the molecule is C[SiH](C)C1=Cc2ccccc2C1. The van der Waals surface area contributed by atoms with Crippen molar-refractivity contribution < 1.29 is 0 Å². The van der Waals surface area contributed by atoms with E-state index in [1.807, 2.05) is 0 Å². The second-order valence-corrected chi connectivity index (χ2v) is 6.80. The van der Waals surface area contributed by atoms with Crippen LogP contribution in [0.5, 0.6) is 0 Å². The first-order chi connectivity index (χ1) is 5.77. The van der Waals surface area contributed by atoms with E-state index >= 15 is 0 Å². The third kappa shape index (κ3) is 1.25. The highest BCUT2D eigenvalue weighted by Gasteiger charge is 2.13. The number of fused-ring (bicyclic) bond motifs is 1. The topological polar surface area (TPSA) is 0 Å². The Labute approximate surface area is 75.5 Å². The summed E-state index contributed by atoms with van der Waals surface area (Å²) in [6, 6.07) is 8.73. The second-order valence-electron chi connectivity index (χ2n) is 3.75. The van der Waals surface area contributed by atoms with Gasteiger partial charge in [0.2, 0.25) is 0 Å². The molecular weight excluding hydrogens is 160 g/mol. The number of hydrogen-bond donors (Lipinski definition) is 0. The lowest BCUT2D eigenvalue weighted by Crippen LogP contribution is -2.04. The first-order valence-corrected chi connectivity index (χ1v) is 7.44. The number of hydrogen-bond acceptors (Lipinski definition) is 0. The minimum atomic E-state index is -0.548. The van der Waals surface area contributed by atoms with Gasteiger partial charge >= 0.3 is 0 Å². The average Bonchev–Trinajstić information content (AvgIpc) is 2.46. The summed E-state index contributed by atoms with van der Waals surface area (Å²) < 4.78 is 0. The Morgan fingerprint density at radius 1 is 1.17 bits per heavy atom. The fourth-order valence-electron chi connectivity index (χ4n) is 1.68. The summed E-state index contributed by atoms with van der Waals surface area (Å²) in [5.74, 6) is 0. The van der Waals surface area contributed by atoms with Crippen molar-refractivity contribution in [2.45, 2.75) is 19.5 Å². The van der Waals surface area contributed by atoms with Gasteiger partial charge in [-0.25, -0.2) is 0 Å². The van der Waals surface area contributed by atoms with Gasteiger partial charge in [-0.3, -0.25) is 0 Å². The number of rotatable bonds is 1. The van der Waals surface area contributed by atoms with E-state index in [4.69, 9.17) is 0 Å². The Morgan fingerprint density at radius 2 is 1.92 bits per heavy atom. The highest BCUT2D eigenvalue weighted by Crippen LogP contribution is 2.25. The fourth-order valence-corrected chi connectivity index (χ4v) is 2.82. The molecule has 0 spiro atoms. The predicted octanol–water partition coefficient (Wildman–Crippen LogP) is 2.65. The highest BCUT2D eigenvalue weighted by atomic mass is 28.3. The van der Waals surface area contributed by atoms with Crippen LogP contribution in [0, 0.1) is 0 Å². The van der Waals surface area contributed by atoms with Crippen molar-refractivity contribution in [3.05, 3.63) is 40.6 Å². The molecule has 1 aliphatic rings. The van der Waals surface area contributed by atoms with Crippen molar-refractivity contribution in [2.75, 3.05) is 0 Å². The van der Waals surface area contributed by atoms with E-state index in [0.717, 1.165) is 0 Å². The monoisotopic (exact) mass is 174 g/mol. The average molecular weight is 174 g/mol. The maximum absolute atomic E-state index is 2.40. The van der Waals surface area contributed by atoms with Crippen LogP contribution in [0.1, 0.15) is 11.1 Å². The minimum absolute atomic E-state index is 0.548. The molecule has 12 heavy (non-hydrogen) atoms. The molecule has 0 amide bonds. The van der Waals surface area contributed by atoms with Crippen LogP contribution in [0.4, 0.5) is 0 Å². The Balaban J connectivity index is 2.35. The van der Waals surface area contributed by atoms with Crippen LogP contribution in [-0.4, -0.2) is 8.80 Å². The van der Waals surface area contributed by atoms with Gasteiger partial charge in [0.1, 0.15) is 0 Å². The Hall–Kier alpha value is -0.823. The lowest BCUT2D eigenvalue weighted by Gasteiger charge is -2.02. The molecular formula is C11H14Si. The van der Waals surface area contributed by atoms with Gasteiger partial charge in [0.25, 0.3) is 0 Å². The molecule has 0 saturated heterocycles. The molecule has 1 aromatic carbocycles. The molecule has 62 valence electrons. The zero-order chi connectivity index (χ0) is 8.55. The predicted molar refractivity (Wildman–Crippen MR) is 57.0 cm³/mol. The number of allylic oxidation sites excluding steroid dienone is 1. The van der Waals surface area contributed by atoms with Crippen LogP contribution in [0.15, 0.2) is 29.5 Å². The first kappa shape index (κ1) is 7.81. The molecule has 0 heterocycles. The van der Waals surface area contributed by atoms with Gasteiger partial charge in [-0.15, -0.1) is 0 Å². The van der Waals surface area contributed by atoms with Crippen molar-refractivity contribution in [3.63, 3.8) is 0 Å². The van der Waals surface area contributed by atoms with Crippen LogP contribution in [0.3, 0.4) is 0 Å². The summed E-state index contributed by atoms with van der Waals surface area (Å²) in [4.78, 5) is 0. The molecule has 0 saturated carbocycles. The van der Waals surface area contributed by atoms with Gasteiger partial charge in [-0.1, -0.05) is 48.6 Å². The van der Waals surface area contributed by atoms with Gasteiger partial charge in [-0.05, 0) is 17.5 Å². The van der Waals surface area contributed by atoms with Crippen molar-refractivity contribution >= 4 is 14.9 Å². The summed E-state index contributed by atoms with van der Waals surface area (Å²) in [6.07, 6.45) is 3.62. The van der Waals surface area contributed by atoms with Crippen LogP contribution in [0.25, 0.3) is 6.08 Å². The molecule has 0 radical (unpaired) electrons. The molecule has 1 heteroatoms. The van der Waals surface area contributed by atoms with Gasteiger partial charge in [-0.2, -0.15) is 0 Å². The van der Waals surface area contributed by atoms with Crippen molar-refractivity contribution in [2.24, 2.45) is 0 Å². The molecule has 1 aromatic rings. The summed E-state index contributed by atoms with van der Waals surface area (Å²) >= 11 is 0. The Bertz CT molecular complexity index is 324. The smallest absolute Gasteiger partial charge is 0.0600 e. The van der Waals surface area contributed by atoms with Crippen molar-refractivity contribution in [1.29, 1.82) is 0 Å². The van der Waals surface area contributed by atoms with Crippen LogP contribution in [0.2, 0.25) is 13.1 Å². The van der Waals surface area contributed by atoms with E-state index < -0.39 is 8.80 Å². The molecule has 0 aliphatic heterocycles. The Kier molecular flexibility index (Phi) is 1.89. The summed E-state index contributed by atoms with van der Waals surface area (Å²) in [7, 11) is -0.548. The summed E-state index contributed by atoms with van der Waals surface area (Å²) in [5.41, 5.74) is 2.97. The highest BCUT2D eigenvalue weighted by molar-refractivity contribution is 6.65. The maximum atomic E-state index is 2.40. The van der Waals surface area contributed by atoms with E-state index in [1.165, 1.54) is 17.5 Å². The molecule has 0 unspecified atom stereocenters. The van der Waals surface area contributed by atoms with Gasteiger partial charge in [0.15, 0.2) is 0 Å². The summed E-state index contributed by atoms with van der Waals surface area (Å²) in [6.45, 7) is 4.80. The molecule has 1 aliphatic carbocycles. The van der Waals surface area contributed by atoms with E-state index in [0.29, 0.717) is 0 Å². The first-order valence-electron chi connectivity index (χ1n) is 4.56. The van der Waals surface area contributed by atoms with Crippen molar-refractivity contribution in [1.82, 2.24) is 0 Å². The van der Waals surface area contributed by atoms with Crippen LogP contribution >= 0.6 is 0 Å². The molecule has 0 fully saturated rings. The molecule has 0 nitrogen and oxygen atoms in total. The van der Waals surface area contributed by atoms with Gasteiger partial charge in [0.05, 0.1) is 8.80 Å².